The second-order valence-corrected chi connectivity index (χ2v) is 4.05. The van der Waals surface area contributed by atoms with Gasteiger partial charge in [-0.2, -0.15) is 5.26 Å². The maximum absolute atomic E-state index is 12.6. The maximum atomic E-state index is 12.6. The van der Waals surface area contributed by atoms with Gasteiger partial charge in [0.05, 0.1) is 30.4 Å². The summed E-state index contributed by atoms with van der Waals surface area (Å²) < 4.78 is 29.6. The minimum atomic E-state index is -2.70. The molecule has 1 rings (SSSR count). The van der Waals surface area contributed by atoms with E-state index in [1.165, 1.54) is 7.11 Å². The number of esters is 1. The van der Waals surface area contributed by atoms with Gasteiger partial charge in [0.1, 0.15) is 9.77 Å². The van der Waals surface area contributed by atoms with E-state index in [1.54, 1.807) is 28.7 Å². The molecule has 0 amide bonds. The molecule has 0 aliphatic heterocycles. The largest absolute Gasteiger partial charge is 0.469 e. The lowest BCUT2D eigenvalue weighted by Crippen LogP contribution is -2.10. The minimum absolute atomic E-state index is 0.0360. The lowest BCUT2D eigenvalue weighted by atomic mass is 10.1. The summed E-state index contributed by atoms with van der Waals surface area (Å²) in [7, 11) is 1.20. The predicted molar refractivity (Wildman–Crippen MR) is 62.3 cm³/mol. The summed E-state index contributed by atoms with van der Waals surface area (Å²) in [4.78, 5) is 14.9. The summed E-state index contributed by atoms with van der Waals surface area (Å²) in [5.41, 5.74) is -0.199. The molecule has 0 bridgehead atoms. The van der Waals surface area contributed by atoms with E-state index >= 15 is 0 Å². The number of carbonyl (C=O) groups excluding carboxylic acids is 1. The highest BCUT2D eigenvalue weighted by atomic mass is 127. The summed E-state index contributed by atoms with van der Waals surface area (Å²) >= 11 is 1.64. The molecular formula is C10H7F2IN2O2. The molecule has 0 N–H and O–H groups in total. The van der Waals surface area contributed by atoms with Crippen molar-refractivity contribution in [1.82, 2.24) is 4.98 Å². The third kappa shape index (κ3) is 3.33. The Labute approximate surface area is 110 Å². The number of hydrogen-bond acceptors (Lipinski definition) is 4. The molecule has 17 heavy (non-hydrogen) atoms. The van der Waals surface area contributed by atoms with Crippen LogP contribution in [0.5, 0.6) is 0 Å². The Bertz CT molecular complexity index is 486. The number of hydrogen-bond donors (Lipinski definition) is 0. The number of carbonyl (C=O) groups is 1. The van der Waals surface area contributed by atoms with Gasteiger partial charge in [0.2, 0.25) is 0 Å². The van der Waals surface area contributed by atoms with Gasteiger partial charge in [-0.25, -0.2) is 13.8 Å². The third-order valence-corrected chi connectivity index (χ3v) is 2.84. The van der Waals surface area contributed by atoms with Gasteiger partial charge in [-0.15, -0.1) is 0 Å². The van der Waals surface area contributed by atoms with Gasteiger partial charge in [-0.05, 0) is 28.7 Å². The van der Waals surface area contributed by atoms with Crippen molar-refractivity contribution in [2.24, 2.45) is 0 Å². The fraction of sp³-hybridized carbons (Fsp3) is 0.300. The van der Waals surface area contributed by atoms with Gasteiger partial charge >= 0.3 is 5.97 Å². The monoisotopic (exact) mass is 352 g/mol. The Hall–Kier alpha value is -1.30. The molecule has 0 aromatic carbocycles. The summed E-state index contributed by atoms with van der Waals surface area (Å²) in [6.45, 7) is 0. The molecule has 7 heteroatoms. The smallest absolute Gasteiger partial charge is 0.311 e. The van der Waals surface area contributed by atoms with Crippen LogP contribution in [0.15, 0.2) is 6.07 Å². The van der Waals surface area contributed by atoms with Crippen molar-refractivity contribution in [3.63, 3.8) is 0 Å². The molecule has 0 aliphatic rings. The average molecular weight is 352 g/mol. The predicted octanol–water partition coefficient (Wildman–Crippen LogP) is 2.21. The van der Waals surface area contributed by atoms with Gasteiger partial charge < -0.3 is 4.74 Å². The van der Waals surface area contributed by atoms with Crippen molar-refractivity contribution >= 4 is 28.6 Å². The van der Waals surface area contributed by atoms with Crippen LogP contribution in [0.25, 0.3) is 0 Å². The Kier molecular flexibility index (Phi) is 4.74. The van der Waals surface area contributed by atoms with Crippen molar-refractivity contribution in [1.29, 1.82) is 5.26 Å². The Morgan fingerprint density at radius 2 is 2.35 bits per heavy atom. The highest BCUT2D eigenvalue weighted by Crippen LogP contribution is 2.25. The molecule has 1 aromatic heterocycles. The number of pyridine rings is 1. The lowest BCUT2D eigenvalue weighted by molar-refractivity contribution is -0.139. The van der Waals surface area contributed by atoms with E-state index in [0.717, 1.165) is 6.07 Å². The van der Waals surface area contributed by atoms with Crippen LogP contribution in [-0.2, 0) is 16.0 Å². The first-order chi connectivity index (χ1) is 7.99. The van der Waals surface area contributed by atoms with Crippen LogP contribution in [0.4, 0.5) is 8.78 Å². The van der Waals surface area contributed by atoms with E-state index in [-0.39, 0.29) is 26.9 Å². The number of methoxy groups -OCH3 is 1. The number of rotatable bonds is 3. The first-order valence-electron chi connectivity index (χ1n) is 4.44. The van der Waals surface area contributed by atoms with Crippen molar-refractivity contribution in [2.75, 3.05) is 7.11 Å². The Morgan fingerprint density at radius 1 is 1.71 bits per heavy atom. The van der Waals surface area contributed by atoms with Gasteiger partial charge in [-0.3, -0.25) is 4.79 Å². The normalized spacial score (nSPS) is 10.1. The van der Waals surface area contributed by atoms with E-state index < -0.39 is 12.4 Å². The molecule has 4 nitrogen and oxygen atoms in total. The molecule has 0 atom stereocenters. The Balaban J connectivity index is 3.20. The number of ether oxygens (including phenoxy) is 1. The number of nitriles is 1. The summed E-state index contributed by atoms with van der Waals surface area (Å²) in [6.07, 6.45) is -2.91. The van der Waals surface area contributed by atoms with Crippen LogP contribution >= 0.6 is 22.6 Å². The van der Waals surface area contributed by atoms with E-state index in [1.807, 2.05) is 0 Å². The zero-order valence-electron chi connectivity index (χ0n) is 8.71. The molecule has 0 aliphatic carbocycles. The van der Waals surface area contributed by atoms with E-state index in [4.69, 9.17) is 5.26 Å². The third-order valence-electron chi connectivity index (χ3n) is 1.98. The molecule has 1 heterocycles. The van der Waals surface area contributed by atoms with Gasteiger partial charge in [-0.1, -0.05) is 0 Å². The second kappa shape index (κ2) is 5.86. The Morgan fingerprint density at radius 3 is 2.82 bits per heavy atom. The van der Waals surface area contributed by atoms with Gasteiger partial charge in [0.15, 0.2) is 0 Å². The number of aromatic nitrogens is 1. The van der Waals surface area contributed by atoms with Crippen molar-refractivity contribution in [3.8, 4) is 6.07 Å². The van der Waals surface area contributed by atoms with Crippen LogP contribution in [-0.4, -0.2) is 18.1 Å². The SMILES string of the molecule is COC(=O)Cc1nc(I)c(C(F)F)cc1C#N. The summed E-state index contributed by atoms with van der Waals surface area (Å²) in [6, 6.07) is 2.79. The van der Waals surface area contributed by atoms with Crippen LogP contribution in [0.3, 0.4) is 0 Å². The quantitative estimate of drug-likeness (QED) is 0.475. The van der Waals surface area contributed by atoms with Crippen LogP contribution in [0.1, 0.15) is 23.2 Å². The molecule has 0 saturated carbocycles. The number of nitrogens with zero attached hydrogens (tertiary/aromatic N) is 2. The maximum Gasteiger partial charge on any atom is 0.311 e. The molecule has 0 saturated heterocycles. The van der Waals surface area contributed by atoms with Crippen molar-refractivity contribution in [3.05, 3.63) is 26.6 Å². The van der Waals surface area contributed by atoms with Crippen molar-refractivity contribution < 1.29 is 18.3 Å². The number of halogens is 3. The zero-order valence-corrected chi connectivity index (χ0v) is 10.9. The fourth-order valence-electron chi connectivity index (χ4n) is 1.14. The van der Waals surface area contributed by atoms with Crippen LogP contribution in [0, 0.1) is 15.0 Å². The minimum Gasteiger partial charge on any atom is -0.469 e. The second-order valence-electron chi connectivity index (χ2n) is 3.03. The summed E-state index contributed by atoms with van der Waals surface area (Å²) in [5, 5.41) is 8.81. The molecule has 0 radical (unpaired) electrons. The van der Waals surface area contributed by atoms with Gasteiger partial charge in [0, 0.05) is 0 Å². The van der Waals surface area contributed by atoms with Crippen LogP contribution < -0.4 is 0 Å². The molecule has 1 aromatic rings. The fourth-order valence-corrected chi connectivity index (χ4v) is 1.82. The molecule has 0 spiro atoms. The number of alkyl halides is 2. The average Bonchev–Trinajstić information content (AvgIpc) is 2.28. The molecule has 0 fully saturated rings. The highest BCUT2D eigenvalue weighted by molar-refractivity contribution is 14.1. The van der Waals surface area contributed by atoms with Crippen molar-refractivity contribution in [2.45, 2.75) is 12.8 Å². The first kappa shape index (κ1) is 13.8. The molecular weight excluding hydrogens is 345 g/mol. The topological polar surface area (TPSA) is 63.0 Å². The molecule has 0 unspecified atom stereocenters. The first-order valence-corrected chi connectivity index (χ1v) is 5.51. The van der Waals surface area contributed by atoms with Crippen LogP contribution in [0.2, 0.25) is 0 Å². The standard InChI is InChI=1S/C10H7F2IN2O2/c1-17-8(16)3-7-5(4-14)2-6(9(11)12)10(13)15-7/h2,9H,3H2,1H3. The van der Waals surface area contributed by atoms with E-state index in [9.17, 15) is 13.6 Å². The van der Waals surface area contributed by atoms with Gasteiger partial charge in [0.25, 0.3) is 6.43 Å². The zero-order chi connectivity index (χ0) is 13.0. The molecule has 90 valence electrons. The van der Waals surface area contributed by atoms with E-state index in [0.29, 0.717) is 0 Å². The highest BCUT2D eigenvalue weighted by Gasteiger charge is 2.18. The van der Waals surface area contributed by atoms with E-state index in [2.05, 4.69) is 9.72 Å². The summed E-state index contributed by atoms with van der Waals surface area (Å²) in [5.74, 6) is -0.574. The lowest BCUT2D eigenvalue weighted by Gasteiger charge is -2.07.